The highest BCUT2D eigenvalue weighted by Crippen LogP contribution is 2.41. The van der Waals surface area contributed by atoms with Gasteiger partial charge in [-0.05, 0) is 69.2 Å². The van der Waals surface area contributed by atoms with E-state index in [0.717, 1.165) is 28.7 Å². The molecule has 0 bridgehead atoms. The highest BCUT2D eigenvalue weighted by atomic mass is 32.1. The molecule has 0 spiro atoms. The van der Waals surface area contributed by atoms with Gasteiger partial charge in [-0.1, -0.05) is 55.5 Å². The molecule has 1 saturated carbocycles. The Morgan fingerprint density at radius 1 is 1.08 bits per heavy atom. The van der Waals surface area contributed by atoms with Crippen LogP contribution in [0, 0.1) is 19.8 Å². The Balaban J connectivity index is 1.95. The van der Waals surface area contributed by atoms with Gasteiger partial charge in [0.15, 0.2) is 0 Å². The lowest BCUT2D eigenvalue weighted by Crippen LogP contribution is -2.54. The molecule has 0 aromatic heterocycles. The molecule has 8 heteroatoms. The van der Waals surface area contributed by atoms with Crippen LogP contribution in [-0.2, 0) is 20.9 Å². The Kier molecular flexibility index (Phi) is 9.29. The minimum absolute atomic E-state index is 0.0704. The maximum atomic E-state index is 14.0. The lowest BCUT2D eigenvalue weighted by molar-refractivity contribution is -0.143. The molecule has 1 aliphatic carbocycles. The fourth-order valence-corrected chi connectivity index (χ4v) is 4.49. The Morgan fingerprint density at radius 2 is 1.73 bits per heavy atom. The normalized spacial score (nSPS) is 18.4. The van der Waals surface area contributed by atoms with Gasteiger partial charge >= 0.3 is 6.09 Å². The zero-order valence-corrected chi connectivity index (χ0v) is 23.5. The van der Waals surface area contributed by atoms with Crippen LogP contribution in [0.5, 0.6) is 0 Å². The minimum atomic E-state index is -0.943. The van der Waals surface area contributed by atoms with Crippen molar-refractivity contribution < 1.29 is 19.1 Å². The van der Waals surface area contributed by atoms with Crippen molar-refractivity contribution in [3.05, 3.63) is 70.8 Å². The van der Waals surface area contributed by atoms with Gasteiger partial charge < -0.3 is 20.3 Å². The number of aryl methyl sites for hydroxylation is 2. The van der Waals surface area contributed by atoms with E-state index >= 15 is 0 Å². The van der Waals surface area contributed by atoms with E-state index in [1.165, 1.54) is 0 Å². The number of nitrogens with one attached hydrogen (secondary N) is 2. The molecule has 2 aromatic rings. The van der Waals surface area contributed by atoms with Crippen LogP contribution in [0.4, 0.5) is 4.79 Å². The molecule has 3 amide bonds. The molecular weight excluding hydrogens is 486 g/mol. The van der Waals surface area contributed by atoms with Crippen molar-refractivity contribution in [3.63, 3.8) is 0 Å². The molecule has 2 aromatic carbocycles. The number of carbonyl (C=O) groups excluding carboxylic acids is 3. The van der Waals surface area contributed by atoms with Crippen LogP contribution in [0.3, 0.4) is 0 Å². The summed E-state index contributed by atoms with van der Waals surface area (Å²) in [5, 5.41) is 5.69. The Hall–Kier alpha value is -3.00. The standard InChI is InChI=1S/C29H39N3O4S/c1-18-12-13-22(14-19(18)2)25(26(33)30-16-21-10-8-7-9-11-21)32(24-15-20(24)3)27(34)23(17-37)31-28(35)36-29(4,5)6/h7-14,20,23-25,37H,15-17H2,1-6H3,(H,30,33)(H,31,35). The third-order valence-corrected chi connectivity index (χ3v) is 6.90. The van der Waals surface area contributed by atoms with Crippen LogP contribution in [0.2, 0.25) is 0 Å². The van der Waals surface area contributed by atoms with Gasteiger partial charge in [-0.3, -0.25) is 9.59 Å². The molecule has 1 fully saturated rings. The second-order valence-corrected chi connectivity index (χ2v) is 11.2. The monoisotopic (exact) mass is 525 g/mol. The number of rotatable bonds is 9. The van der Waals surface area contributed by atoms with E-state index in [1.54, 1.807) is 25.7 Å². The first-order chi connectivity index (χ1) is 17.4. The predicted octanol–water partition coefficient (Wildman–Crippen LogP) is 4.72. The number of benzene rings is 2. The molecule has 0 saturated heterocycles. The molecule has 0 radical (unpaired) electrons. The maximum absolute atomic E-state index is 14.0. The van der Waals surface area contributed by atoms with Crippen molar-refractivity contribution in [2.75, 3.05) is 5.75 Å². The van der Waals surface area contributed by atoms with Gasteiger partial charge in [0.05, 0.1) is 0 Å². The van der Waals surface area contributed by atoms with Gasteiger partial charge in [0.1, 0.15) is 17.7 Å². The van der Waals surface area contributed by atoms with E-state index in [9.17, 15) is 14.4 Å². The van der Waals surface area contributed by atoms with Gasteiger partial charge in [0.2, 0.25) is 11.8 Å². The Labute approximate surface area is 225 Å². The fraction of sp³-hybridized carbons (Fsp3) is 0.483. The quantitative estimate of drug-likeness (QED) is 0.414. The van der Waals surface area contributed by atoms with Crippen LogP contribution in [0.25, 0.3) is 0 Å². The topological polar surface area (TPSA) is 87.7 Å². The molecule has 4 unspecified atom stereocenters. The molecule has 37 heavy (non-hydrogen) atoms. The second-order valence-electron chi connectivity index (χ2n) is 10.9. The third-order valence-electron chi connectivity index (χ3n) is 6.53. The average molecular weight is 526 g/mol. The summed E-state index contributed by atoms with van der Waals surface area (Å²) in [6.45, 7) is 11.7. The van der Waals surface area contributed by atoms with Crippen molar-refractivity contribution in [1.29, 1.82) is 0 Å². The summed E-state index contributed by atoms with van der Waals surface area (Å²) < 4.78 is 5.37. The highest BCUT2D eigenvalue weighted by molar-refractivity contribution is 7.80. The Bertz CT molecular complexity index is 1120. The summed E-state index contributed by atoms with van der Waals surface area (Å²) in [7, 11) is 0. The number of amides is 3. The van der Waals surface area contributed by atoms with Gasteiger partial charge in [-0.2, -0.15) is 12.6 Å². The van der Waals surface area contributed by atoms with E-state index in [2.05, 4.69) is 30.2 Å². The molecular formula is C29H39N3O4S. The van der Waals surface area contributed by atoms with Gasteiger partial charge in [0.25, 0.3) is 0 Å². The highest BCUT2D eigenvalue weighted by Gasteiger charge is 2.48. The van der Waals surface area contributed by atoms with E-state index in [1.807, 2.05) is 62.4 Å². The molecule has 1 aliphatic rings. The molecule has 7 nitrogen and oxygen atoms in total. The zero-order chi connectivity index (χ0) is 27.3. The van der Waals surface area contributed by atoms with Crippen LogP contribution in [-0.4, -0.2) is 46.2 Å². The summed E-state index contributed by atoms with van der Waals surface area (Å²) in [5.74, 6) is -0.314. The third kappa shape index (κ3) is 7.74. The van der Waals surface area contributed by atoms with Crippen molar-refractivity contribution in [3.8, 4) is 0 Å². The summed E-state index contributed by atoms with van der Waals surface area (Å²) >= 11 is 4.35. The molecule has 0 heterocycles. The van der Waals surface area contributed by atoms with Crippen molar-refractivity contribution >= 4 is 30.5 Å². The van der Waals surface area contributed by atoms with Gasteiger partial charge in [-0.15, -0.1) is 0 Å². The number of hydrogen-bond acceptors (Lipinski definition) is 5. The lowest BCUT2D eigenvalue weighted by atomic mass is 9.98. The van der Waals surface area contributed by atoms with Crippen molar-refractivity contribution in [1.82, 2.24) is 15.5 Å². The number of hydrogen-bond donors (Lipinski definition) is 3. The zero-order valence-electron chi connectivity index (χ0n) is 22.6. The number of ether oxygens (including phenoxy) is 1. The fourth-order valence-electron chi connectivity index (χ4n) is 4.24. The molecule has 200 valence electrons. The predicted molar refractivity (Wildman–Crippen MR) is 148 cm³/mol. The van der Waals surface area contributed by atoms with Crippen LogP contribution >= 0.6 is 12.6 Å². The van der Waals surface area contributed by atoms with Crippen LogP contribution in [0.1, 0.15) is 62.4 Å². The number of carbonyl (C=O) groups is 3. The van der Waals surface area contributed by atoms with Crippen LogP contribution in [0.15, 0.2) is 48.5 Å². The van der Waals surface area contributed by atoms with Gasteiger partial charge in [-0.25, -0.2) is 4.79 Å². The maximum Gasteiger partial charge on any atom is 0.408 e. The molecule has 4 atom stereocenters. The number of thiol groups is 1. The van der Waals surface area contributed by atoms with Crippen molar-refractivity contribution in [2.45, 2.75) is 78.2 Å². The SMILES string of the molecule is Cc1ccc(C(C(=O)NCc2ccccc2)N(C(=O)C(CS)NC(=O)OC(C)(C)C)C2CC2C)cc1C. The number of nitrogens with zero attached hydrogens (tertiary/aromatic N) is 1. The molecule has 0 aliphatic heterocycles. The van der Waals surface area contributed by atoms with Crippen molar-refractivity contribution in [2.24, 2.45) is 5.92 Å². The largest absolute Gasteiger partial charge is 0.444 e. The lowest BCUT2D eigenvalue weighted by Gasteiger charge is -2.35. The smallest absolute Gasteiger partial charge is 0.408 e. The van der Waals surface area contributed by atoms with E-state index < -0.39 is 23.8 Å². The summed E-state index contributed by atoms with van der Waals surface area (Å²) in [6, 6.07) is 13.6. The van der Waals surface area contributed by atoms with Crippen LogP contribution < -0.4 is 10.6 Å². The average Bonchev–Trinajstić information content (AvgIpc) is 3.56. The first kappa shape index (κ1) is 28.6. The summed E-state index contributed by atoms with van der Waals surface area (Å²) in [5.41, 5.74) is 3.12. The first-order valence-electron chi connectivity index (χ1n) is 12.7. The summed E-state index contributed by atoms with van der Waals surface area (Å²) in [4.78, 5) is 41.9. The van der Waals surface area contributed by atoms with E-state index in [0.29, 0.717) is 6.54 Å². The minimum Gasteiger partial charge on any atom is -0.444 e. The van der Waals surface area contributed by atoms with E-state index in [4.69, 9.17) is 4.74 Å². The molecule has 2 N–H and O–H groups in total. The summed E-state index contributed by atoms with van der Waals surface area (Å²) in [6.07, 6.45) is 0.0880. The number of alkyl carbamates (subject to hydrolysis) is 1. The van der Waals surface area contributed by atoms with E-state index in [-0.39, 0.29) is 29.5 Å². The Morgan fingerprint density at radius 3 is 2.27 bits per heavy atom. The second kappa shape index (κ2) is 12.0. The first-order valence-corrected chi connectivity index (χ1v) is 13.4. The van der Waals surface area contributed by atoms with Gasteiger partial charge in [0, 0.05) is 18.3 Å². The molecule has 3 rings (SSSR count).